The minimum atomic E-state index is -0.0776. The van der Waals surface area contributed by atoms with E-state index in [1.165, 1.54) is 11.3 Å². The summed E-state index contributed by atoms with van der Waals surface area (Å²) in [5.41, 5.74) is 2.51. The topological polar surface area (TPSA) is 77.0 Å². The molecule has 7 heteroatoms. The van der Waals surface area contributed by atoms with Crippen LogP contribution in [-0.2, 0) is 24.4 Å². The van der Waals surface area contributed by atoms with E-state index in [1.54, 1.807) is 12.4 Å². The van der Waals surface area contributed by atoms with Crippen molar-refractivity contribution in [2.75, 3.05) is 0 Å². The Hall–Kier alpha value is -2.80. The quantitative estimate of drug-likeness (QED) is 0.706. The van der Waals surface area contributed by atoms with Crippen LogP contribution in [0.1, 0.15) is 22.1 Å². The van der Waals surface area contributed by atoms with Crippen LogP contribution in [0, 0.1) is 6.92 Å². The van der Waals surface area contributed by atoms with Crippen molar-refractivity contribution in [3.8, 4) is 5.75 Å². The summed E-state index contributed by atoms with van der Waals surface area (Å²) in [5.74, 6) is 0.626. The Morgan fingerprint density at radius 2 is 2.12 bits per heavy atom. The van der Waals surface area contributed by atoms with E-state index in [4.69, 9.17) is 4.74 Å². The molecule has 0 fully saturated rings. The molecule has 0 aromatic carbocycles. The third-order valence-electron chi connectivity index (χ3n) is 3.38. The highest BCUT2D eigenvalue weighted by Gasteiger charge is 2.08. The number of aryl methyl sites for hydroxylation is 1. The smallest absolute Gasteiger partial charge is 0.226 e. The molecular formula is C18H18N4O2S. The summed E-state index contributed by atoms with van der Waals surface area (Å²) in [4.78, 5) is 24.8. The van der Waals surface area contributed by atoms with Gasteiger partial charge in [-0.25, -0.2) is 4.98 Å². The minimum absolute atomic E-state index is 0.0776. The number of carbonyl (C=O) groups excluding carboxylic acids is 1. The van der Waals surface area contributed by atoms with Crippen molar-refractivity contribution >= 4 is 17.2 Å². The van der Waals surface area contributed by atoms with E-state index in [0.29, 0.717) is 18.9 Å². The van der Waals surface area contributed by atoms with E-state index in [9.17, 15) is 4.79 Å². The molecule has 3 heterocycles. The molecule has 1 N–H and O–H groups in total. The summed E-state index contributed by atoms with van der Waals surface area (Å²) in [6.07, 6.45) is 3.64. The highest BCUT2D eigenvalue weighted by atomic mass is 32.1. The number of hydrogen-bond donors (Lipinski definition) is 1. The molecule has 0 aliphatic carbocycles. The Morgan fingerprint density at radius 1 is 1.20 bits per heavy atom. The lowest BCUT2D eigenvalue weighted by atomic mass is 10.3. The van der Waals surface area contributed by atoms with Gasteiger partial charge in [0.2, 0.25) is 5.91 Å². The molecule has 0 radical (unpaired) electrons. The van der Waals surface area contributed by atoms with Gasteiger partial charge in [-0.15, -0.1) is 11.3 Å². The summed E-state index contributed by atoms with van der Waals surface area (Å²) in [6.45, 7) is 2.71. The molecule has 0 aliphatic heterocycles. The van der Waals surface area contributed by atoms with Gasteiger partial charge >= 0.3 is 0 Å². The number of thiazole rings is 1. The SMILES string of the molecule is Cc1ccc(OCc2nc(CC(=O)NCc3ccccn3)cs2)cn1. The summed E-state index contributed by atoms with van der Waals surface area (Å²) < 4.78 is 5.65. The van der Waals surface area contributed by atoms with E-state index in [2.05, 4.69) is 20.3 Å². The predicted octanol–water partition coefficient (Wildman–Crippen LogP) is 2.68. The molecule has 0 atom stereocenters. The molecule has 3 aromatic rings. The number of nitrogens with zero attached hydrogens (tertiary/aromatic N) is 3. The Morgan fingerprint density at radius 3 is 2.88 bits per heavy atom. The van der Waals surface area contributed by atoms with Crippen LogP contribution >= 0.6 is 11.3 Å². The molecule has 0 unspecified atom stereocenters. The largest absolute Gasteiger partial charge is 0.485 e. The van der Waals surface area contributed by atoms with E-state index in [-0.39, 0.29) is 12.3 Å². The standard InChI is InChI=1S/C18H18N4O2S/c1-13-5-6-16(10-20-13)24-11-18-22-15(12-25-18)8-17(23)21-9-14-4-2-3-7-19-14/h2-7,10,12H,8-9,11H2,1H3,(H,21,23). The first-order valence-corrected chi connectivity index (χ1v) is 8.72. The summed E-state index contributed by atoms with van der Waals surface area (Å²) >= 11 is 1.48. The van der Waals surface area contributed by atoms with Crippen LogP contribution in [0.15, 0.2) is 48.1 Å². The average Bonchev–Trinajstić information content (AvgIpc) is 3.08. The van der Waals surface area contributed by atoms with Gasteiger partial charge in [0.15, 0.2) is 0 Å². The van der Waals surface area contributed by atoms with Gasteiger partial charge in [0.1, 0.15) is 17.4 Å². The second-order valence-electron chi connectivity index (χ2n) is 5.43. The van der Waals surface area contributed by atoms with Gasteiger partial charge in [0.25, 0.3) is 0 Å². The molecule has 0 aliphatic rings. The molecule has 0 spiro atoms. The van der Waals surface area contributed by atoms with Crippen LogP contribution in [0.2, 0.25) is 0 Å². The number of rotatable bonds is 7. The van der Waals surface area contributed by atoms with Crippen molar-refractivity contribution in [3.63, 3.8) is 0 Å². The molecule has 25 heavy (non-hydrogen) atoms. The fraction of sp³-hybridized carbons (Fsp3) is 0.222. The highest BCUT2D eigenvalue weighted by molar-refractivity contribution is 7.09. The highest BCUT2D eigenvalue weighted by Crippen LogP contribution is 2.15. The van der Waals surface area contributed by atoms with Crippen LogP contribution in [0.3, 0.4) is 0 Å². The Bertz CT molecular complexity index is 819. The number of nitrogens with one attached hydrogen (secondary N) is 1. The predicted molar refractivity (Wildman–Crippen MR) is 95.2 cm³/mol. The maximum absolute atomic E-state index is 12.0. The molecule has 0 saturated heterocycles. The Balaban J connectivity index is 1.46. The number of aromatic nitrogens is 3. The second-order valence-corrected chi connectivity index (χ2v) is 6.37. The van der Waals surface area contributed by atoms with Gasteiger partial charge < -0.3 is 10.1 Å². The van der Waals surface area contributed by atoms with Crippen molar-refractivity contribution in [1.82, 2.24) is 20.3 Å². The zero-order valence-corrected chi connectivity index (χ0v) is 14.6. The summed E-state index contributed by atoms with van der Waals surface area (Å²) in [5, 5.41) is 5.55. The fourth-order valence-electron chi connectivity index (χ4n) is 2.10. The van der Waals surface area contributed by atoms with E-state index in [1.807, 2.05) is 42.6 Å². The average molecular weight is 354 g/mol. The van der Waals surface area contributed by atoms with Gasteiger partial charge in [-0.3, -0.25) is 14.8 Å². The van der Waals surface area contributed by atoms with Crippen molar-refractivity contribution in [1.29, 1.82) is 0 Å². The van der Waals surface area contributed by atoms with Crippen molar-refractivity contribution in [2.45, 2.75) is 26.5 Å². The second kappa shape index (κ2) is 8.34. The van der Waals surface area contributed by atoms with Crippen molar-refractivity contribution in [3.05, 3.63) is 70.2 Å². The molecule has 0 bridgehead atoms. The molecule has 3 rings (SSSR count). The van der Waals surface area contributed by atoms with Crippen molar-refractivity contribution in [2.24, 2.45) is 0 Å². The van der Waals surface area contributed by atoms with Crippen LogP contribution < -0.4 is 10.1 Å². The lowest BCUT2D eigenvalue weighted by molar-refractivity contribution is -0.120. The van der Waals surface area contributed by atoms with E-state index in [0.717, 1.165) is 22.1 Å². The van der Waals surface area contributed by atoms with Gasteiger partial charge in [-0.05, 0) is 31.2 Å². The third kappa shape index (κ3) is 5.36. The maximum Gasteiger partial charge on any atom is 0.226 e. The van der Waals surface area contributed by atoms with Crippen LogP contribution in [0.25, 0.3) is 0 Å². The van der Waals surface area contributed by atoms with Gasteiger partial charge in [-0.2, -0.15) is 0 Å². The normalized spacial score (nSPS) is 10.4. The van der Waals surface area contributed by atoms with Gasteiger partial charge in [-0.1, -0.05) is 6.07 Å². The molecular weight excluding hydrogens is 336 g/mol. The fourth-order valence-corrected chi connectivity index (χ4v) is 2.80. The zero-order chi connectivity index (χ0) is 17.5. The van der Waals surface area contributed by atoms with E-state index < -0.39 is 0 Å². The Kier molecular flexibility index (Phi) is 5.69. The molecule has 0 saturated carbocycles. The number of hydrogen-bond acceptors (Lipinski definition) is 6. The first-order valence-electron chi connectivity index (χ1n) is 7.84. The minimum Gasteiger partial charge on any atom is -0.485 e. The maximum atomic E-state index is 12.0. The number of carbonyl (C=O) groups is 1. The number of ether oxygens (including phenoxy) is 1. The summed E-state index contributed by atoms with van der Waals surface area (Å²) in [6, 6.07) is 9.39. The third-order valence-corrected chi connectivity index (χ3v) is 4.25. The zero-order valence-electron chi connectivity index (χ0n) is 13.8. The first-order chi connectivity index (χ1) is 12.2. The first kappa shape index (κ1) is 17.0. The van der Waals surface area contributed by atoms with Crippen LogP contribution in [0.4, 0.5) is 0 Å². The lowest BCUT2D eigenvalue weighted by Crippen LogP contribution is -2.25. The lowest BCUT2D eigenvalue weighted by Gasteiger charge is -2.04. The van der Waals surface area contributed by atoms with Crippen LogP contribution in [0.5, 0.6) is 5.75 Å². The molecule has 128 valence electrons. The molecule has 6 nitrogen and oxygen atoms in total. The number of pyridine rings is 2. The molecule has 3 aromatic heterocycles. The van der Waals surface area contributed by atoms with Gasteiger partial charge in [0, 0.05) is 17.3 Å². The number of amides is 1. The Labute approximate surface area is 149 Å². The van der Waals surface area contributed by atoms with Crippen molar-refractivity contribution < 1.29 is 9.53 Å². The molecule has 1 amide bonds. The summed E-state index contributed by atoms with van der Waals surface area (Å²) in [7, 11) is 0. The monoisotopic (exact) mass is 354 g/mol. The van der Waals surface area contributed by atoms with E-state index >= 15 is 0 Å². The van der Waals surface area contributed by atoms with Gasteiger partial charge in [0.05, 0.1) is 30.6 Å². The van der Waals surface area contributed by atoms with Crippen LogP contribution in [-0.4, -0.2) is 20.9 Å².